The van der Waals surface area contributed by atoms with E-state index in [9.17, 15) is 14.7 Å². The molecule has 0 saturated heterocycles. The predicted molar refractivity (Wildman–Crippen MR) is 136 cm³/mol. The summed E-state index contributed by atoms with van der Waals surface area (Å²) in [6.07, 6.45) is -0.386. The number of hydrogen-bond acceptors (Lipinski definition) is 7. The van der Waals surface area contributed by atoms with E-state index >= 15 is 0 Å². The predicted octanol–water partition coefficient (Wildman–Crippen LogP) is 2.87. The zero-order valence-corrected chi connectivity index (χ0v) is 21.4. The van der Waals surface area contributed by atoms with Crippen LogP contribution in [0, 0.1) is 5.92 Å². The summed E-state index contributed by atoms with van der Waals surface area (Å²) in [6, 6.07) is 10.1. The third-order valence-electron chi connectivity index (χ3n) is 6.59. The van der Waals surface area contributed by atoms with Gasteiger partial charge in [-0.25, -0.2) is 4.79 Å². The van der Waals surface area contributed by atoms with Gasteiger partial charge in [-0.1, -0.05) is 6.92 Å². The van der Waals surface area contributed by atoms with E-state index in [4.69, 9.17) is 14.2 Å². The van der Waals surface area contributed by atoms with Gasteiger partial charge in [0.25, 0.3) is 5.91 Å². The fourth-order valence-electron chi connectivity index (χ4n) is 4.25. The quantitative estimate of drug-likeness (QED) is 0.631. The van der Waals surface area contributed by atoms with Gasteiger partial charge in [0.05, 0.1) is 24.8 Å². The van der Waals surface area contributed by atoms with Crippen LogP contribution in [-0.4, -0.2) is 86.6 Å². The third-order valence-corrected chi connectivity index (χ3v) is 6.59. The first-order valence-corrected chi connectivity index (χ1v) is 12.0. The molecule has 2 aromatic rings. The van der Waals surface area contributed by atoms with Gasteiger partial charge in [0.2, 0.25) is 6.79 Å². The molecule has 194 valence electrons. The van der Waals surface area contributed by atoms with Crippen LogP contribution in [0.3, 0.4) is 0 Å². The Bertz CT molecular complexity index is 1120. The molecule has 0 radical (unpaired) electrons. The molecule has 10 nitrogen and oxygen atoms in total. The monoisotopic (exact) mass is 498 g/mol. The lowest BCUT2D eigenvalue weighted by atomic mass is 9.99. The van der Waals surface area contributed by atoms with Crippen molar-refractivity contribution in [2.24, 2.45) is 5.92 Å². The Morgan fingerprint density at radius 2 is 1.86 bits per heavy atom. The van der Waals surface area contributed by atoms with Crippen molar-refractivity contribution in [2.45, 2.75) is 26.0 Å². The van der Waals surface area contributed by atoms with Crippen molar-refractivity contribution in [3.05, 3.63) is 42.0 Å². The van der Waals surface area contributed by atoms with Crippen LogP contribution < -0.4 is 24.4 Å². The van der Waals surface area contributed by atoms with Crippen LogP contribution in [-0.2, 0) is 0 Å². The number of carbonyl (C=O) groups excluding carboxylic acids is 2. The number of nitrogens with one attached hydrogen (secondary N) is 1. The number of hydrogen-bond donors (Lipinski definition) is 2. The van der Waals surface area contributed by atoms with Crippen molar-refractivity contribution >= 4 is 23.3 Å². The molecular formula is C26H34N4O6. The van der Waals surface area contributed by atoms with Gasteiger partial charge in [-0.2, -0.15) is 0 Å². The summed E-state index contributed by atoms with van der Waals surface area (Å²) in [5.41, 5.74) is 1.90. The van der Waals surface area contributed by atoms with E-state index in [2.05, 4.69) is 5.32 Å². The summed E-state index contributed by atoms with van der Waals surface area (Å²) in [6.45, 7) is 4.50. The number of benzene rings is 2. The number of amides is 3. The van der Waals surface area contributed by atoms with Gasteiger partial charge in [0, 0.05) is 51.0 Å². The summed E-state index contributed by atoms with van der Waals surface area (Å²) in [4.78, 5) is 31.6. The number of rotatable bonds is 6. The molecule has 4 rings (SSSR count). The second-order valence-electron chi connectivity index (χ2n) is 9.58. The molecule has 2 aliphatic heterocycles. The van der Waals surface area contributed by atoms with E-state index in [0.717, 1.165) is 5.69 Å². The molecule has 0 saturated carbocycles. The minimum absolute atomic E-state index is 0.106. The highest BCUT2D eigenvalue weighted by Gasteiger charge is 2.34. The van der Waals surface area contributed by atoms with Crippen molar-refractivity contribution in [1.29, 1.82) is 0 Å². The fraction of sp³-hybridized carbons (Fsp3) is 0.462. The maximum absolute atomic E-state index is 13.5. The van der Waals surface area contributed by atoms with Gasteiger partial charge in [0.15, 0.2) is 11.5 Å². The normalized spacial score (nSPS) is 19.5. The molecule has 0 bridgehead atoms. The number of likely N-dealkylation sites (N-methyl/N-ethyl adjacent to an activating group) is 1. The topological polar surface area (TPSA) is 104 Å². The average molecular weight is 499 g/mol. The highest BCUT2D eigenvalue weighted by molar-refractivity contribution is 5.98. The molecule has 3 amide bonds. The number of aliphatic hydroxyl groups excluding tert-OH is 1. The van der Waals surface area contributed by atoms with Crippen molar-refractivity contribution in [2.75, 3.05) is 57.8 Å². The summed E-state index contributed by atoms with van der Waals surface area (Å²) < 4.78 is 17.1. The van der Waals surface area contributed by atoms with Gasteiger partial charge in [0.1, 0.15) is 11.9 Å². The highest BCUT2D eigenvalue weighted by atomic mass is 16.7. The number of urea groups is 1. The lowest BCUT2D eigenvalue weighted by molar-refractivity contribution is 0.0371. The van der Waals surface area contributed by atoms with E-state index in [1.165, 1.54) is 0 Å². The first-order valence-electron chi connectivity index (χ1n) is 12.0. The van der Waals surface area contributed by atoms with Gasteiger partial charge in [-0.15, -0.1) is 0 Å². The van der Waals surface area contributed by atoms with E-state index in [1.54, 1.807) is 47.2 Å². The third kappa shape index (κ3) is 5.28. The molecule has 0 unspecified atom stereocenters. The van der Waals surface area contributed by atoms with Gasteiger partial charge in [-0.3, -0.25) is 4.79 Å². The number of aliphatic hydroxyl groups is 1. The second kappa shape index (κ2) is 10.5. The van der Waals surface area contributed by atoms with Crippen LogP contribution in [0.15, 0.2) is 36.4 Å². The Kier molecular flexibility index (Phi) is 7.44. The van der Waals surface area contributed by atoms with Gasteiger partial charge in [-0.05, 0) is 37.3 Å². The molecule has 2 heterocycles. The number of ether oxygens (including phenoxy) is 3. The van der Waals surface area contributed by atoms with E-state index < -0.39 is 0 Å². The molecule has 2 N–H and O–H groups in total. The minimum Gasteiger partial charge on any atom is -0.487 e. The Morgan fingerprint density at radius 1 is 1.14 bits per heavy atom. The maximum atomic E-state index is 13.5. The van der Waals surface area contributed by atoms with Crippen molar-refractivity contribution in [3.63, 3.8) is 0 Å². The number of carbonyl (C=O) groups is 2. The Balaban J connectivity index is 1.54. The molecule has 0 aliphatic carbocycles. The van der Waals surface area contributed by atoms with Crippen LogP contribution in [0.4, 0.5) is 16.2 Å². The average Bonchev–Trinajstić information content (AvgIpc) is 3.33. The standard InChI is InChI=1S/C26H34N4O6/c1-16-12-30(17(2)14-31)25(32)20-11-19(28(3)4)7-9-21(20)36-24(16)13-29(5)26(33)27-18-6-8-22-23(10-18)35-15-34-22/h6-11,16-17,24,31H,12-15H2,1-5H3,(H,27,33)/t16-,17+,24+/m0/s1. The van der Waals surface area contributed by atoms with Crippen molar-refractivity contribution in [3.8, 4) is 17.2 Å². The van der Waals surface area contributed by atoms with Crippen molar-refractivity contribution < 1.29 is 28.9 Å². The first kappa shape index (κ1) is 25.4. The SMILES string of the molecule is C[C@H](CO)N1C[C@H](C)[C@@H](CN(C)C(=O)Nc2ccc3c(c2)OCO3)Oc2ccc(N(C)C)cc2C1=O. The molecule has 0 spiro atoms. The maximum Gasteiger partial charge on any atom is 0.321 e. The lowest BCUT2D eigenvalue weighted by Gasteiger charge is -2.38. The number of fused-ring (bicyclic) bond motifs is 2. The van der Waals surface area contributed by atoms with Crippen LogP contribution >= 0.6 is 0 Å². The Morgan fingerprint density at radius 3 is 2.58 bits per heavy atom. The molecule has 3 atom stereocenters. The summed E-state index contributed by atoms with van der Waals surface area (Å²) in [7, 11) is 5.51. The molecule has 0 aromatic heterocycles. The molecular weight excluding hydrogens is 464 g/mol. The highest BCUT2D eigenvalue weighted by Crippen LogP contribution is 2.34. The summed E-state index contributed by atoms with van der Waals surface area (Å²) in [5, 5.41) is 12.7. The van der Waals surface area contributed by atoms with Gasteiger partial charge >= 0.3 is 6.03 Å². The van der Waals surface area contributed by atoms with E-state index in [-0.39, 0.29) is 43.4 Å². The zero-order chi connectivity index (χ0) is 26.0. The molecule has 36 heavy (non-hydrogen) atoms. The van der Waals surface area contributed by atoms with Crippen LogP contribution in [0.1, 0.15) is 24.2 Å². The zero-order valence-electron chi connectivity index (χ0n) is 21.4. The number of nitrogens with zero attached hydrogens (tertiary/aromatic N) is 3. The van der Waals surface area contributed by atoms with E-state index in [0.29, 0.717) is 41.6 Å². The molecule has 10 heteroatoms. The smallest absolute Gasteiger partial charge is 0.321 e. The molecule has 2 aromatic carbocycles. The fourth-order valence-corrected chi connectivity index (χ4v) is 4.25. The van der Waals surface area contributed by atoms with E-state index in [1.807, 2.05) is 38.9 Å². The van der Waals surface area contributed by atoms with Crippen LogP contribution in [0.25, 0.3) is 0 Å². The lowest BCUT2D eigenvalue weighted by Crippen LogP contribution is -2.50. The largest absolute Gasteiger partial charge is 0.487 e. The minimum atomic E-state index is -0.386. The molecule has 2 aliphatic rings. The first-order chi connectivity index (χ1) is 17.2. The number of anilines is 2. The molecule has 0 fully saturated rings. The van der Waals surface area contributed by atoms with Crippen molar-refractivity contribution in [1.82, 2.24) is 9.80 Å². The Labute approximate surface area is 211 Å². The summed E-state index contributed by atoms with van der Waals surface area (Å²) in [5.74, 6) is 1.40. The van der Waals surface area contributed by atoms with Crippen LogP contribution in [0.2, 0.25) is 0 Å². The second-order valence-corrected chi connectivity index (χ2v) is 9.58. The Hall–Kier alpha value is -3.66. The summed E-state index contributed by atoms with van der Waals surface area (Å²) >= 11 is 0. The van der Waals surface area contributed by atoms with Gasteiger partial charge < -0.3 is 39.3 Å². The van der Waals surface area contributed by atoms with Crippen LogP contribution in [0.5, 0.6) is 17.2 Å².